The molecule has 0 spiro atoms. The number of hydrogen-bond acceptors (Lipinski definition) is 6. The number of anilines is 1. The number of halogens is 1. The van der Waals surface area contributed by atoms with Crippen LogP contribution in [0.3, 0.4) is 0 Å². The number of hydrogen-bond donors (Lipinski definition) is 3. The van der Waals surface area contributed by atoms with Gasteiger partial charge in [-0.2, -0.15) is 0 Å². The number of benzene rings is 3. The third kappa shape index (κ3) is 8.43. The highest BCUT2D eigenvalue weighted by atomic mass is 19.1. The van der Waals surface area contributed by atoms with Crippen LogP contribution in [0.5, 0.6) is 0 Å². The fraction of sp³-hybridized carbons (Fsp3) is 0.276. The molecule has 3 amide bonds. The number of tetrazole rings is 1. The number of nitrogens with zero attached hydrogens (tertiary/aromatic N) is 5. The van der Waals surface area contributed by atoms with E-state index in [0.717, 1.165) is 37.1 Å². The smallest absolute Gasteiger partial charge is 0.319 e. The van der Waals surface area contributed by atoms with Gasteiger partial charge in [-0.05, 0) is 78.3 Å². The first-order valence-electron chi connectivity index (χ1n) is 13.0. The zero-order valence-corrected chi connectivity index (χ0v) is 22.6. The van der Waals surface area contributed by atoms with Crippen LogP contribution in [0, 0.1) is 5.82 Å². The van der Waals surface area contributed by atoms with Gasteiger partial charge in [0.15, 0.2) is 5.82 Å². The molecule has 3 aromatic carbocycles. The Bertz CT molecular complexity index is 1410. The fourth-order valence-corrected chi connectivity index (χ4v) is 4.18. The Morgan fingerprint density at radius 1 is 0.950 bits per heavy atom. The maximum Gasteiger partial charge on any atom is 0.319 e. The molecule has 4 aromatic rings. The summed E-state index contributed by atoms with van der Waals surface area (Å²) in [6, 6.07) is 20.8. The summed E-state index contributed by atoms with van der Waals surface area (Å²) in [5.41, 5.74) is 3.44. The van der Waals surface area contributed by atoms with Gasteiger partial charge in [-0.25, -0.2) is 13.9 Å². The predicted molar refractivity (Wildman–Crippen MR) is 151 cm³/mol. The zero-order chi connectivity index (χ0) is 28.3. The summed E-state index contributed by atoms with van der Waals surface area (Å²) in [5.74, 6) is -0.0596. The first-order chi connectivity index (χ1) is 19.4. The van der Waals surface area contributed by atoms with Crippen LogP contribution in [0.25, 0.3) is 11.4 Å². The van der Waals surface area contributed by atoms with Gasteiger partial charge in [0.05, 0.1) is 0 Å². The molecular formula is C29H33FN8O2. The molecule has 0 aliphatic rings. The number of unbranched alkanes of at least 4 members (excludes halogenated alkanes) is 1. The van der Waals surface area contributed by atoms with Gasteiger partial charge in [0.2, 0.25) is 0 Å². The van der Waals surface area contributed by atoms with Crippen molar-refractivity contribution in [3.05, 3.63) is 95.3 Å². The molecule has 0 unspecified atom stereocenters. The molecule has 1 heterocycles. The number of nitrogens with one attached hydrogen (secondary N) is 3. The van der Waals surface area contributed by atoms with Crippen LogP contribution in [-0.4, -0.2) is 57.2 Å². The average Bonchev–Trinajstić information content (AvgIpc) is 3.39. The van der Waals surface area contributed by atoms with E-state index in [-0.39, 0.29) is 17.8 Å². The van der Waals surface area contributed by atoms with Crippen LogP contribution in [-0.2, 0) is 20.1 Å². The Kier molecular flexibility index (Phi) is 9.89. The molecule has 208 valence electrons. The van der Waals surface area contributed by atoms with Crippen molar-refractivity contribution >= 4 is 17.6 Å². The molecule has 0 radical (unpaired) electrons. The van der Waals surface area contributed by atoms with E-state index < -0.39 is 0 Å². The van der Waals surface area contributed by atoms with E-state index in [1.54, 1.807) is 37.4 Å². The summed E-state index contributed by atoms with van der Waals surface area (Å²) < 4.78 is 14.6. The molecular weight excluding hydrogens is 511 g/mol. The normalized spacial score (nSPS) is 10.9. The van der Waals surface area contributed by atoms with Gasteiger partial charge >= 0.3 is 6.03 Å². The SMILES string of the molecule is CN(CCCCNC(=O)Nc1cc(C(=O)NCc2ccccc2)cc(-c2nnnn2C)c1)Cc1ccc(F)cc1. The number of rotatable bonds is 12. The molecule has 0 aliphatic heterocycles. The number of urea groups is 1. The second-order valence-electron chi connectivity index (χ2n) is 9.55. The lowest BCUT2D eigenvalue weighted by atomic mass is 10.1. The Labute approximate surface area is 232 Å². The molecule has 0 aliphatic carbocycles. The highest BCUT2D eigenvalue weighted by Crippen LogP contribution is 2.23. The minimum atomic E-state index is -0.372. The van der Waals surface area contributed by atoms with Crippen LogP contribution in [0.2, 0.25) is 0 Å². The minimum absolute atomic E-state index is 0.240. The van der Waals surface area contributed by atoms with Crippen molar-refractivity contribution < 1.29 is 14.0 Å². The Hall–Kier alpha value is -4.64. The van der Waals surface area contributed by atoms with Gasteiger partial charge in [0.25, 0.3) is 5.91 Å². The number of aromatic nitrogens is 4. The average molecular weight is 545 g/mol. The summed E-state index contributed by atoms with van der Waals surface area (Å²) in [5, 5.41) is 20.2. The molecule has 4 rings (SSSR count). The van der Waals surface area contributed by atoms with Gasteiger partial charge < -0.3 is 20.9 Å². The highest BCUT2D eigenvalue weighted by Gasteiger charge is 2.15. The standard InChI is InChI=1S/C29H33FN8O2/c1-37(20-22-10-12-25(30)13-11-22)15-7-6-14-31-29(40)33-26-17-23(27-34-35-36-38(27)2)16-24(18-26)28(39)32-19-21-8-4-3-5-9-21/h3-5,8-13,16-18H,6-7,14-15,19-20H2,1-2H3,(H,32,39)(H2,31,33,40). The van der Waals surface area contributed by atoms with Gasteiger partial charge in [0, 0.05) is 43.5 Å². The highest BCUT2D eigenvalue weighted by molar-refractivity contribution is 5.98. The molecule has 0 saturated carbocycles. The van der Waals surface area contributed by atoms with E-state index in [0.29, 0.717) is 35.7 Å². The lowest BCUT2D eigenvalue weighted by Gasteiger charge is -2.16. The summed E-state index contributed by atoms with van der Waals surface area (Å²) in [4.78, 5) is 27.8. The van der Waals surface area contributed by atoms with Crippen molar-refractivity contribution in [2.24, 2.45) is 7.05 Å². The first-order valence-corrected chi connectivity index (χ1v) is 13.0. The van der Waals surface area contributed by atoms with Gasteiger partial charge in [-0.15, -0.1) is 5.10 Å². The van der Waals surface area contributed by atoms with Crippen LogP contribution >= 0.6 is 0 Å². The second kappa shape index (κ2) is 13.9. The van der Waals surface area contributed by atoms with Crippen LogP contribution in [0.15, 0.2) is 72.8 Å². The quantitative estimate of drug-likeness (QED) is 0.232. The summed E-state index contributed by atoms with van der Waals surface area (Å²) >= 11 is 0. The Balaban J connectivity index is 1.30. The van der Waals surface area contributed by atoms with E-state index in [4.69, 9.17) is 0 Å². The molecule has 11 heteroatoms. The van der Waals surface area contributed by atoms with Crippen molar-refractivity contribution in [1.29, 1.82) is 0 Å². The lowest BCUT2D eigenvalue weighted by molar-refractivity contribution is 0.0951. The third-order valence-corrected chi connectivity index (χ3v) is 6.25. The van der Waals surface area contributed by atoms with Crippen molar-refractivity contribution in [2.75, 3.05) is 25.5 Å². The molecule has 0 atom stereocenters. The maximum absolute atomic E-state index is 13.1. The number of aryl methyl sites for hydroxylation is 1. The third-order valence-electron chi connectivity index (χ3n) is 6.25. The van der Waals surface area contributed by atoms with Gasteiger partial charge in [-0.3, -0.25) is 4.79 Å². The summed E-state index contributed by atoms with van der Waals surface area (Å²) in [7, 11) is 3.71. The molecule has 0 saturated heterocycles. The van der Waals surface area contributed by atoms with E-state index >= 15 is 0 Å². The minimum Gasteiger partial charge on any atom is -0.348 e. The van der Waals surface area contributed by atoms with Crippen LogP contribution in [0.4, 0.5) is 14.9 Å². The monoisotopic (exact) mass is 544 g/mol. The summed E-state index contributed by atoms with van der Waals surface area (Å²) in [6.45, 7) is 2.44. The van der Waals surface area contributed by atoms with E-state index in [2.05, 4.69) is 36.4 Å². The molecule has 0 fully saturated rings. The molecule has 40 heavy (non-hydrogen) atoms. The zero-order valence-electron chi connectivity index (χ0n) is 22.6. The Morgan fingerprint density at radius 2 is 1.73 bits per heavy atom. The van der Waals surface area contributed by atoms with E-state index in [1.807, 2.05) is 37.4 Å². The summed E-state index contributed by atoms with van der Waals surface area (Å²) in [6.07, 6.45) is 1.68. The van der Waals surface area contributed by atoms with Gasteiger partial charge in [0.1, 0.15) is 5.82 Å². The Morgan fingerprint density at radius 3 is 2.45 bits per heavy atom. The van der Waals surface area contributed by atoms with Crippen LogP contribution in [0.1, 0.15) is 34.3 Å². The predicted octanol–water partition coefficient (Wildman–Crippen LogP) is 3.98. The van der Waals surface area contributed by atoms with E-state index in [9.17, 15) is 14.0 Å². The number of carbonyl (C=O) groups excluding carboxylic acids is 2. The number of carbonyl (C=O) groups is 2. The topological polar surface area (TPSA) is 117 Å². The molecule has 1 aromatic heterocycles. The lowest BCUT2D eigenvalue weighted by Crippen LogP contribution is -2.30. The van der Waals surface area contributed by atoms with Crippen molar-refractivity contribution in [3.63, 3.8) is 0 Å². The largest absolute Gasteiger partial charge is 0.348 e. The molecule has 10 nitrogen and oxygen atoms in total. The van der Waals surface area contributed by atoms with Crippen molar-refractivity contribution in [3.8, 4) is 11.4 Å². The fourth-order valence-electron chi connectivity index (χ4n) is 4.18. The second-order valence-corrected chi connectivity index (χ2v) is 9.55. The van der Waals surface area contributed by atoms with Crippen molar-refractivity contribution in [2.45, 2.75) is 25.9 Å². The van der Waals surface area contributed by atoms with Crippen molar-refractivity contribution in [1.82, 2.24) is 35.7 Å². The number of amides is 3. The molecule has 3 N–H and O–H groups in total. The first kappa shape index (κ1) is 28.4. The van der Waals surface area contributed by atoms with Gasteiger partial charge in [-0.1, -0.05) is 42.5 Å². The van der Waals surface area contributed by atoms with E-state index in [1.165, 1.54) is 16.8 Å². The van der Waals surface area contributed by atoms with Crippen LogP contribution < -0.4 is 16.0 Å². The molecule has 0 bridgehead atoms. The maximum atomic E-state index is 13.1.